The molecule has 1 amide bonds. The van der Waals surface area contributed by atoms with Crippen molar-refractivity contribution in [2.75, 3.05) is 13.1 Å². The van der Waals surface area contributed by atoms with Gasteiger partial charge in [0.2, 0.25) is 0 Å². The molecule has 2 unspecified atom stereocenters. The predicted octanol–water partition coefficient (Wildman–Crippen LogP) is 2.31. The maximum absolute atomic E-state index is 12.0. The molecule has 23 heavy (non-hydrogen) atoms. The van der Waals surface area contributed by atoms with Crippen LogP contribution in [-0.4, -0.2) is 46.0 Å². The third kappa shape index (κ3) is 3.67. The first-order valence-corrected chi connectivity index (χ1v) is 8.44. The lowest BCUT2D eigenvalue weighted by Crippen LogP contribution is -2.68. The van der Waals surface area contributed by atoms with Crippen LogP contribution in [0.2, 0.25) is 0 Å². The van der Waals surface area contributed by atoms with Gasteiger partial charge in [0.05, 0.1) is 19.2 Å². The summed E-state index contributed by atoms with van der Waals surface area (Å²) >= 11 is 0. The number of likely N-dealkylation sites (tertiary alicyclic amines) is 1. The Morgan fingerprint density at radius 1 is 1.17 bits per heavy atom. The lowest BCUT2D eigenvalue weighted by atomic mass is 9.75. The highest BCUT2D eigenvalue weighted by molar-refractivity contribution is 5.69. The number of aliphatic hydroxyl groups excluding tert-OH is 1. The van der Waals surface area contributed by atoms with E-state index >= 15 is 0 Å². The molecule has 5 heteroatoms. The van der Waals surface area contributed by atoms with Crippen LogP contribution in [0.1, 0.15) is 37.7 Å². The first-order valence-electron chi connectivity index (χ1n) is 8.44. The third-order valence-corrected chi connectivity index (χ3v) is 5.06. The largest absolute Gasteiger partial charge is 0.445 e. The van der Waals surface area contributed by atoms with E-state index in [1.807, 2.05) is 30.3 Å². The fourth-order valence-corrected chi connectivity index (χ4v) is 3.70. The molecule has 1 aliphatic carbocycles. The molecule has 2 aliphatic rings. The molecule has 1 aromatic carbocycles. The molecule has 0 bridgehead atoms. The number of rotatable bonds is 3. The van der Waals surface area contributed by atoms with Gasteiger partial charge < -0.3 is 19.8 Å². The average molecular weight is 319 g/mol. The van der Waals surface area contributed by atoms with Crippen LogP contribution in [0.5, 0.6) is 0 Å². The van der Waals surface area contributed by atoms with Crippen LogP contribution >= 0.6 is 0 Å². The van der Waals surface area contributed by atoms with E-state index in [0.717, 1.165) is 37.7 Å². The van der Waals surface area contributed by atoms with Crippen LogP contribution in [0.15, 0.2) is 30.3 Å². The maximum atomic E-state index is 12.0. The standard InChI is InChI=1S/C18H25NO4/c20-16-10-6-2-5-9-15(16)18(22)12-19(13-18)17(21)23-11-14-7-3-1-4-8-14/h1,3-4,7-8,15-16,20,22H,2,5-6,9-13H2. The van der Waals surface area contributed by atoms with Gasteiger partial charge in [0.1, 0.15) is 12.2 Å². The molecule has 0 radical (unpaired) electrons. The molecule has 2 fully saturated rings. The zero-order chi connectivity index (χ0) is 16.3. The first kappa shape index (κ1) is 16.3. The van der Waals surface area contributed by atoms with E-state index in [1.165, 1.54) is 4.90 Å². The Bertz CT molecular complexity index is 527. The van der Waals surface area contributed by atoms with Crippen molar-refractivity contribution in [2.24, 2.45) is 5.92 Å². The van der Waals surface area contributed by atoms with Gasteiger partial charge in [0.15, 0.2) is 0 Å². The topological polar surface area (TPSA) is 70.0 Å². The quantitative estimate of drug-likeness (QED) is 0.839. The first-order chi connectivity index (χ1) is 11.1. The van der Waals surface area contributed by atoms with E-state index in [2.05, 4.69) is 0 Å². The summed E-state index contributed by atoms with van der Waals surface area (Å²) in [6.45, 7) is 0.741. The van der Waals surface area contributed by atoms with Crippen molar-refractivity contribution >= 4 is 6.09 Å². The lowest BCUT2D eigenvalue weighted by molar-refractivity contribution is -0.154. The predicted molar refractivity (Wildman–Crippen MR) is 85.7 cm³/mol. The number of carbonyl (C=O) groups is 1. The molecule has 1 saturated carbocycles. The third-order valence-electron chi connectivity index (χ3n) is 5.06. The number of benzene rings is 1. The Labute approximate surface area is 136 Å². The van der Waals surface area contributed by atoms with Gasteiger partial charge in [-0.05, 0) is 18.4 Å². The number of hydrogen-bond donors (Lipinski definition) is 2. The highest BCUT2D eigenvalue weighted by Crippen LogP contribution is 2.38. The number of amides is 1. The fraction of sp³-hybridized carbons (Fsp3) is 0.611. The van der Waals surface area contributed by atoms with Gasteiger partial charge in [-0.2, -0.15) is 0 Å². The Balaban J connectivity index is 1.50. The van der Waals surface area contributed by atoms with Crippen LogP contribution < -0.4 is 0 Å². The zero-order valence-electron chi connectivity index (χ0n) is 13.4. The number of ether oxygens (including phenoxy) is 1. The molecular formula is C18H25NO4. The van der Waals surface area contributed by atoms with Crippen LogP contribution in [0, 0.1) is 5.92 Å². The minimum absolute atomic E-state index is 0.136. The van der Waals surface area contributed by atoms with Gasteiger partial charge in [0.25, 0.3) is 0 Å². The second-order valence-corrected chi connectivity index (χ2v) is 6.81. The summed E-state index contributed by atoms with van der Waals surface area (Å²) in [6.07, 6.45) is 3.84. The molecule has 1 saturated heterocycles. The van der Waals surface area contributed by atoms with E-state index in [1.54, 1.807) is 0 Å². The Hall–Kier alpha value is -1.59. The van der Waals surface area contributed by atoms with Gasteiger partial charge in [-0.1, -0.05) is 49.6 Å². The monoisotopic (exact) mass is 319 g/mol. The van der Waals surface area contributed by atoms with Crippen molar-refractivity contribution in [1.82, 2.24) is 4.90 Å². The molecule has 1 aromatic rings. The van der Waals surface area contributed by atoms with Gasteiger partial charge in [-0.3, -0.25) is 0 Å². The summed E-state index contributed by atoms with van der Waals surface area (Å²) in [5.41, 5.74) is -0.0222. The number of hydrogen-bond acceptors (Lipinski definition) is 4. The van der Waals surface area contributed by atoms with E-state index in [-0.39, 0.29) is 25.6 Å². The SMILES string of the molecule is O=C(OCc1ccccc1)N1CC(O)(C2CCCCCC2O)C1. The highest BCUT2D eigenvalue weighted by atomic mass is 16.6. The molecule has 0 spiro atoms. The number of nitrogens with zero attached hydrogens (tertiary/aromatic N) is 1. The highest BCUT2D eigenvalue weighted by Gasteiger charge is 2.51. The number of β-amino-alcohol motifs (C(OH)–C–C–N with tert-alkyl or cyclic N) is 1. The van der Waals surface area contributed by atoms with Crippen molar-refractivity contribution in [3.63, 3.8) is 0 Å². The summed E-state index contributed by atoms with van der Waals surface area (Å²) in [5.74, 6) is -0.136. The minimum Gasteiger partial charge on any atom is -0.445 e. The van der Waals surface area contributed by atoms with Gasteiger partial charge in [-0.15, -0.1) is 0 Å². The van der Waals surface area contributed by atoms with Crippen molar-refractivity contribution in [3.8, 4) is 0 Å². The van der Waals surface area contributed by atoms with Crippen molar-refractivity contribution in [3.05, 3.63) is 35.9 Å². The summed E-state index contributed by atoms with van der Waals surface area (Å²) in [7, 11) is 0. The van der Waals surface area contributed by atoms with Gasteiger partial charge in [-0.25, -0.2) is 4.79 Å². The molecule has 1 aliphatic heterocycles. The summed E-state index contributed by atoms with van der Waals surface area (Å²) < 4.78 is 5.28. The van der Waals surface area contributed by atoms with Crippen molar-refractivity contribution in [2.45, 2.75) is 50.4 Å². The average Bonchev–Trinajstić information content (AvgIpc) is 2.75. The van der Waals surface area contributed by atoms with Crippen molar-refractivity contribution in [1.29, 1.82) is 0 Å². The van der Waals surface area contributed by atoms with Gasteiger partial charge in [0, 0.05) is 5.92 Å². The lowest BCUT2D eigenvalue weighted by Gasteiger charge is -2.50. The second kappa shape index (κ2) is 6.89. The van der Waals surface area contributed by atoms with Crippen LogP contribution in [0.3, 0.4) is 0 Å². The zero-order valence-corrected chi connectivity index (χ0v) is 13.4. The number of carbonyl (C=O) groups excluding carboxylic acids is 1. The summed E-state index contributed by atoms with van der Waals surface area (Å²) in [4.78, 5) is 13.6. The van der Waals surface area contributed by atoms with Gasteiger partial charge >= 0.3 is 6.09 Å². The molecule has 1 heterocycles. The molecule has 3 rings (SSSR count). The van der Waals surface area contributed by atoms with Crippen LogP contribution in [0.4, 0.5) is 4.79 Å². The number of aliphatic hydroxyl groups is 2. The van der Waals surface area contributed by atoms with E-state index in [4.69, 9.17) is 4.74 Å². The van der Waals surface area contributed by atoms with E-state index < -0.39 is 17.8 Å². The normalized spacial score (nSPS) is 27.0. The molecular weight excluding hydrogens is 294 g/mol. The summed E-state index contributed by atoms with van der Waals surface area (Å²) in [5, 5.41) is 21.0. The smallest absolute Gasteiger partial charge is 0.410 e. The van der Waals surface area contributed by atoms with E-state index in [9.17, 15) is 15.0 Å². The molecule has 0 aromatic heterocycles. The minimum atomic E-state index is -0.963. The molecule has 2 N–H and O–H groups in total. The Morgan fingerprint density at radius 3 is 2.61 bits per heavy atom. The van der Waals surface area contributed by atoms with Crippen LogP contribution in [0.25, 0.3) is 0 Å². The van der Waals surface area contributed by atoms with Crippen molar-refractivity contribution < 1.29 is 19.7 Å². The Kier molecular flexibility index (Phi) is 4.87. The molecule has 2 atom stereocenters. The van der Waals surface area contributed by atoms with Crippen LogP contribution in [-0.2, 0) is 11.3 Å². The summed E-state index contributed by atoms with van der Waals surface area (Å²) in [6, 6.07) is 9.53. The molecule has 5 nitrogen and oxygen atoms in total. The Morgan fingerprint density at radius 2 is 1.87 bits per heavy atom. The second-order valence-electron chi connectivity index (χ2n) is 6.81. The molecule has 126 valence electrons. The maximum Gasteiger partial charge on any atom is 0.410 e. The van der Waals surface area contributed by atoms with E-state index in [0.29, 0.717) is 0 Å². The fourth-order valence-electron chi connectivity index (χ4n) is 3.70.